The summed E-state index contributed by atoms with van der Waals surface area (Å²) >= 11 is 2.18. The van der Waals surface area contributed by atoms with Gasteiger partial charge in [0.05, 0.1) is 5.69 Å². The summed E-state index contributed by atoms with van der Waals surface area (Å²) in [4.78, 5) is 0. The zero-order chi connectivity index (χ0) is 13.8. The summed E-state index contributed by atoms with van der Waals surface area (Å²) in [5, 5.41) is 0. The Labute approximate surface area is 122 Å². The molecule has 0 fully saturated rings. The van der Waals surface area contributed by atoms with Gasteiger partial charge in [-0.25, -0.2) is 0 Å². The van der Waals surface area contributed by atoms with Gasteiger partial charge >= 0.3 is 10.2 Å². The molecule has 0 bridgehead atoms. The minimum Gasteiger partial charge on any atom is -0.330 e. The Balaban J connectivity index is 2.78. The summed E-state index contributed by atoms with van der Waals surface area (Å²) in [5.74, 6) is 0. The van der Waals surface area contributed by atoms with Crippen LogP contribution in [0.15, 0.2) is 18.2 Å². The molecule has 5 nitrogen and oxygen atoms in total. The van der Waals surface area contributed by atoms with E-state index in [-0.39, 0.29) is 0 Å². The maximum Gasteiger partial charge on any atom is 0.301 e. The summed E-state index contributed by atoms with van der Waals surface area (Å²) in [7, 11) is -1.95. The molecule has 1 aromatic carbocycles. The van der Waals surface area contributed by atoms with Gasteiger partial charge in [-0.2, -0.15) is 12.7 Å². The van der Waals surface area contributed by atoms with Gasteiger partial charge in [-0.3, -0.25) is 4.72 Å². The van der Waals surface area contributed by atoms with E-state index in [1.807, 2.05) is 19.1 Å². The Morgan fingerprint density at radius 2 is 2.11 bits per heavy atom. The van der Waals surface area contributed by atoms with Crippen LogP contribution in [0.2, 0.25) is 0 Å². The van der Waals surface area contributed by atoms with E-state index >= 15 is 0 Å². The second-order valence-corrected chi connectivity index (χ2v) is 6.97. The molecule has 0 aliphatic heterocycles. The summed E-state index contributed by atoms with van der Waals surface area (Å²) in [6, 6.07) is 5.45. The van der Waals surface area contributed by atoms with Gasteiger partial charge in [0, 0.05) is 17.2 Å². The average molecular weight is 383 g/mol. The van der Waals surface area contributed by atoms with Crippen LogP contribution in [0.1, 0.15) is 12.0 Å². The highest BCUT2D eigenvalue weighted by Crippen LogP contribution is 2.18. The van der Waals surface area contributed by atoms with Crippen LogP contribution in [0.3, 0.4) is 0 Å². The number of anilines is 1. The van der Waals surface area contributed by atoms with E-state index in [0.717, 1.165) is 9.13 Å². The number of hydrogen-bond acceptors (Lipinski definition) is 3. The van der Waals surface area contributed by atoms with Gasteiger partial charge in [0.2, 0.25) is 0 Å². The van der Waals surface area contributed by atoms with Crippen molar-refractivity contribution in [1.82, 2.24) is 4.31 Å². The maximum atomic E-state index is 12.0. The molecule has 0 aliphatic rings. The number of nitrogens with two attached hydrogens (primary N) is 1. The maximum absolute atomic E-state index is 12.0. The van der Waals surface area contributed by atoms with Crippen LogP contribution in [-0.2, 0) is 10.2 Å². The van der Waals surface area contributed by atoms with Gasteiger partial charge < -0.3 is 5.73 Å². The SMILES string of the molecule is Cc1ccc(NS(=O)(=O)N(C)CCCN)cc1I. The lowest BCUT2D eigenvalue weighted by Crippen LogP contribution is -2.34. The van der Waals surface area contributed by atoms with Crippen molar-refractivity contribution in [3.8, 4) is 0 Å². The second kappa shape index (κ2) is 6.69. The highest BCUT2D eigenvalue weighted by atomic mass is 127. The molecular formula is C11H18IN3O2S. The molecule has 0 radical (unpaired) electrons. The first kappa shape index (κ1) is 15.7. The smallest absolute Gasteiger partial charge is 0.301 e. The van der Waals surface area contributed by atoms with E-state index in [0.29, 0.717) is 25.2 Å². The average Bonchev–Trinajstić information content (AvgIpc) is 2.30. The zero-order valence-corrected chi connectivity index (χ0v) is 13.5. The zero-order valence-electron chi connectivity index (χ0n) is 10.5. The lowest BCUT2D eigenvalue weighted by Gasteiger charge is -2.18. The molecule has 0 heterocycles. The van der Waals surface area contributed by atoms with Gasteiger partial charge in [0.25, 0.3) is 0 Å². The third-order valence-corrected chi connectivity index (χ3v) is 5.17. The third-order valence-electron chi connectivity index (χ3n) is 2.51. The molecule has 18 heavy (non-hydrogen) atoms. The monoisotopic (exact) mass is 383 g/mol. The molecule has 0 unspecified atom stereocenters. The van der Waals surface area contributed by atoms with E-state index in [1.165, 1.54) is 11.4 Å². The Morgan fingerprint density at radius 3 is 2.67 bits per heavy atom. The number of rotatable bonds is 6. The Hall–Kier alpha value is -0.380. The molecule has 1 rings (SSSR count). The van der Waals surface area contributed by atoms with Gasteiger partial charge in [0.1, 0.15) is 0 Å². The van der Waals surface area contributed by atoms with Crippen LogP contribution in [0, 0.1) is 10.5 Å². The summed E-state index contributed by atoms with van der Waals surface area (Å²) in [6.45, 7) is 2.87. The highest BCUT2D eigenvalue weighted by Gasteiger charge is 2.16. The van der Waals surface area contributed by atoms with Crippen LogP contribution in [0.5, 0.6) is 0 Å². The molecule has 7 heteroatoms. The van der Waals surface area contributed by atoms with Crippen molar-refractivity contribution in [3.05, 3.63) is 27.3 Å². The van der Waals surface area contributed by atoms with Crippen LogP contribution in [0.25, 0.3) is 0 Å². The largest absolute Gasteiger partial charge is 0.330 e. The van der Waals surface area contributed by atoms with E-state index in [2.05, 4.69) is 27.3 Å². The first-order chi connectivity index (χ1) is 8.36. The fraction of sp³-hybridized carbons (Fsp3) is 0.455. The van der Waals surface area contributed by atoms with Gasteiger partial charge in [-0.05, 0) is 60.2 Å². The molecule has 0 saturated carbocycles. The first-order valence-corrected chi connectivity index (χ1v) is 8.09. The summed E-state index contributed by atoms with van der Waals surface area (Å²) in [6.07, 6.45) is 0.642. The van der Waals surface area contributed by atoms with Crippen LogP contribution in [0.4, 0.5) is 5.69 Å². The molecule has 0 atom stereocenters. The number of benzene rings is 1. The lowest BCUT2D eigenvalue weighted by atomic mass is 10.2. The molecule has 0 aliphatic carbocycles. The number of nitrogens with one attached hydrogen (secondary N) is 1. The predicted molar refractivity (Wildman–Crippen MR) is 82.7 cm³/mol. The quantitative estimate of drug-likeness (QED) is 0.732. The van der Waals surface area contributed by atoms with Gasteiger partial charge in [-0.1, -0.05) is 6.07 Å². The number of nitrogens with zero attached hydrogens (tertiary/aromatic N) is 1. The fourth-order valence-electron chi connectivity index (χ4n) is 1.32. The normalized spacial score (nSPS) is 11.8. The second-order valence-electron chi connectivity index (χ2n) is 4.03. The molecule has 102 valence electrons. The molecule has 3 N–H and O–H groups in total. The Bertz CT molecular complexity index is 505. The Kier molecular flexibility index (Phi) is 5.83. The number of hydrogen-bond donors (Lipinski definition) is 2. The third kappa shape index (κ3) is 4.38. The molecule has 1 aromatic rings. The van der Waals surface area contributed by atoms with Gasteiger partial charge in [-0.15, -0.1) is 0 Å². The van der Waals surface area contributed by atoms with E-state index in [9.17, 15) is 8.42 Å². The summed E-state index contributed by atoms with van der Waals surface area (Å²) < 4.78 is 28.8. The van der Waals surface area contributed by atoms with Crippen molar-refractivity contribution in [2.45, 2.75) is 13.3 Å². The molecular weight excluding hydrogens is 365 g/mol. The minimum atomic E-state index is -3.49. The van der Waals surface area contributed by atoms with E-state index < -0.39 is 10.2 Å². The predicted octanol–water partition coefficient (Wildman–Crippen LogP) is 1.54. The van der Waals surface area contributed by atoms with Crippen molar-refractivity contribution in [2.24, 2.45) is 5.73 Å². The molecule has 0 amide bonds. The molecule has 0 aromatic heterocycles. The van der Waals surface area contributed by atoms with Crippen molar-refractivity contribution < 1.29 is 8.42 Å². The fourth-order valence-corrected chi connectivity index (χ4v) is 2.78. The van der Waals surface area contributed by atoms with Crippen molar-refractivity contribution in [3.63, 3.8) is 0 Å². The number of aryl methyl sites for hydroxylation is 1. The lowest BCUT2D eigenvalue weighted by molar-refractivity contribution is 0.468. The molecule has 0 saturated heterocycles. The van der Waals surface area contributed by atoms with Crippen LogP contribution < -0.4 is 10.5 Å². The first-order valence-electron chi connectivity index (χ1n) is 5.57. The highest BCUT2D eigenvalue weighted by molar-refractivity contribution is 14.1. The van der Waals surface area contributed by atoms with Crippen molar-refractivity contribution in [2.75, 3.05) is 24.9 Å². The van der Waals surface area contributed by atoms with E-state index in [4.69, 9.17) is 5.73 Å². The topological polar surface area (TPSA) is 75.4 Å². The van der Waals surface area contributed by atoms with Crippen LogP contribution >= 0.6 is 22.6 Å². The van der Waals surface area contributed by atoms with E-state index in [1.54, 1.807) is 6.07 Å². The molecule has 0 spiro atoms. The van der Waals surface area contributed by atoms with Crippen molar-refractivity contribution in [1.29, 1.82) is 0 Å². The van der Waals surface area contributed by atoms with Crippen LogP contribution in [-0.4, -0.2) is 32.9 Å². The number of halogens is 1. The van der Waals surface area contributed by atoms with Gasteiger partial charge in [0.15, 0.2) is 0 Å². The van der Waals surface area contributed by atoms with Crippen molar-refractivity contribution >= 4 is 38.5 Å². The minimum absolute atomic E-state index is 0.411. The standard InChI is InChI=1S/C11H18IN3O2S/c1-9-4-5-10(8-11(9)12)14-18(16,17)15(2)7-3-6-13/h4-5,8,14H,3,6-7,13H2,1-2H3. The summed E-state index contributed by atoms with van der Waals surface area (Å²) in [5.41, 5.74) is 7.06. The Morgan fingerprint density at radius 1 is 1.44 bits per heavy atom.